The number of likely N-dealkylation sites (tertiary alicyclic amines) is 1. The fourth-order valence-corrected chi connectivity index (χ4v) is 2.56. The van der Waals surface area contributed by atoms with Gasteiger partial charge in [-0.05, 0) is 20.3 Å². The van der Waals surface area contributed by atoms with Crippen LogP contribution in [0.1, 0.15) is 36.3 Å². The molecule has 0 bridgehead atoms. The lowest BCUT2D eigenvalue weighted by Gasteiger charge is -2.20. The number of carboxylic acid groups (broad SMARTS) is 1. The predicted molar refractivity (Wildman–Crippen MR) is 69.2 cm³/mol. The van der Waals surface area contributed by atoms with E-state index in [1.165, 1.54) is 13.8 Å². The average Bonchev–Trinajstić information content (AvgIpc) is 3.01. The summed E-state index contributed by atoms with van der Waals surface area (Å²) in [6.45, 7) is 2.94. The lowest BCUT2D eigenvalue weighted by molar-refractivity contribution is -0.147. The van der Waals surface area contributed by atoms with E-state index in [9.17, 15) is 22.8 Å². The monoisotopic (exact) mass is 319 g/mol. The number of aliphatic carboxylic acids is 1. The quantitative estimate of drug-likeness (QED) is 0.923. The minimum Gasteiger partial charge on any atom is -0.481 e. The Bertz CT molecular complexity index is 611. The highest BCUT2D eigenvalue weighted by Gasteiger charge is 2.45. The third-order valence-electron chi connectivity index (χ3n) is 3.91. The van der Waals surface area contributed by atoms with Crippen LogP contribution < -0.4 is 0 Å². The minimum atomic E-state index is -4.70. The van der Waals surface area contributed by atoms with Crippen molar-refractivity contribution in [3.63, 3.8) is 0 Å². The van der Waals surface area contributed by atoms with Crippen LogP contribution in [0, 0.1) is 5.41 Å². The summed E-state index contributed by atoms with van der Waals surface area (Å²) in [6.07, 6.45) is -3.60. The predicted octanol–water partition coefficient (Wildman–Crippen LogP) is 1.86. The van der Waals surface area contributed by atoms with Crippen LogP contribution in [0.15, 0.2) is 6.20 Å². The molecule has 22 heavy (non-hydrogen) atoms. The summed E-state index contributed by atoms with van der Waals surface area (Å²) in [5.74, 6) is -1.90. The molecule has 1 aliphatic rings. The molecule has 1 aromatic rings. The summed E-state index contributed by atoms with van der Waals surface area (Å²) in [5.41, 5.74) is -2.76. The number of hydrogen-bond donors (Lipinski definition) is 1. The molecular weight excluding hydrogens is 303 g/mol. The van der Waals surface area contributed by atoms with Crippen molar-refractivity contribution in [1.82, 2.24) is 14.7 Å². The average molecular weight is 319 g/mol. The summed E-state index contributed by atoms with van der Waals surface area (Å²) in [6, 6.07) is 0. The van der Waals surface area contributed by atoms with Crippen molar-refractivity contribution in [2.75, 3.05) is 13.1 Å². The van der Waals surface area contributed by atoms with Crippen molar-refractivity contribution in [2.45, 2.75) is 33.0 Å². The van der Waals surface area contributed by atoms with Gasteiger partial charge in [-0.1, -0.05) is 0 Å². The molecule has 1 fully saturated rings. The van der Waals surface area contributed by atoms with Gasteiger partial charge < -0.3 is 10.0 Å². The SMILES string of the molecule is CCn1ncc(C(=O)N2CC[C@@](C)(C(=O)O)C2)c1C(F)(F)F. The summed E-state index contributed by atoms with van der Waals surface area (Å²) < 4.78 is 40.1. The molecule has 0 unspecified atom stereocenters. The Kier molecular flexibility index (Phi) is 3.92. The van der Waals surface area contributed by atoms with E-state index >= 15 is 0 Å². The van der Waals surface area contributed by atoms with Crippen molar-refractivity contribution in [3.8, 4) is 0 Å². The van der Waals surface area contributed by atoms with Gasteiger partial charge in [-0.25, -0.2) is 0 Å². The number of aryl methyl sites for hydroxylation is 1. The van der Waals surface area contributed by atoms with Crippen molar-refractivity contribution >= 4 is 11.9 Å². The molecule has 1 atom stereocenters. The van der Waals surface area contributed by atoms with Gasteiger partial charge in [-0.15, -0.1) is 0 Å². The smallest absolute Gasteiger partial charge is 0.433 e. The Balaban J connectivity index is 2.32. The maximum Gasteiger partial charge on any atom is 0.433 e. The number of alkyl halides is 3. The molecule has 1 aromatic heterocycles. The molecule has 1 saturated heterocycles. The van der Waals surface area contributed by atoms with Crippen LogP contribution in [-0.2, 0) is 17.5 Å². The van der Waals surface area contributed by atoms with Crippen LogP contribution in [-0.4, -0.2) is 44.8 Å². The van der Waals surface area contributed by atoms with E-state index < -0.39 is 34.7 Å². The first-order valence-electron chi connectivity index (χ1n) is 6.76. The summed E-state index contributed by atoms with van der Waals surface area (Å²) in [4.78, 5) is 24.6. The molecule has 2 rings (SSSR count). The van der Waals surface area contributed by atoms with Crippen LogP contribution >= 0.6 is 0 Å². The maximum atomic E-state index is 13.1. The van der Waals surface area contributed by atoms with Crippen LogP contribution in [0.4, 0.5) is 13.2 Å². The molecule has 6 nitrogen and oxygen atoms in total. The molecule has 9 heteroatoms. The van der Waals surface area contributed by atoms with E-state index in [2.05, 4.69) is 5.10 Å². The first kappa shape index (κ1) is 16.3. The number of hydrogen-bond acceptors (Lipinski definition) is 3. The first-order valence-corrected chi connectivity index (χ1v) is 6.76. The van der Waals surface area contributed by atoms with Gasteiger partial charge in [0.1, 0.15) is 0 Å². The van der Waals surface area contributed by atoms with E-state index in [0.717, 1.165) is 15.8 Å². The zero-order valence-electron chi connectivity index (χ0n) is 12.1. The zero-order valence-corrected chi connectivity index (χ0v) is 12.1. The number of rotatable bonds is 3. The number of aromatic nitrogens is 2. The molecule has 2 heterocycles. The molecular formula is C13H16F3N3O3. The number of carboxylic acids is 1. The molecule has 1 aliphatic heterocycles. The highest BCUT2D eigenvalue weighted by Crippen LogP contribution is 2.35. The van der Waals surface area contributed by atoms with Crippen LogP contribution in [0.2, 0.25) is 0 Å². The first-order chi connectivity index (χ1) is 10.1. The standard InChI is InChI=1S/C13H16F3N3O3/c1-3-19-9(13(14,15)16)8(6-17-19)10(20)18-5-4-12(2,7-18)11(21)22/h6H,3-5,7H2,1-2H3,(H,21,22)/t12-/m1/s1. The van der Waals surface area contributed by atoms with Crippen molar-refractivity contribution in [2.24, 2.45) is 5.41 Å². The van der Waals surface area contributed by atoms with E-state index in [1.54, 1.807) is 0 Å². The molecule has 0 radical (unpaired) electrons. The Morgan fingerprint density at radius 2 is 2.09 bits per heavy atom. The molecule has 0 aliphatic carbocycles. The minimum absolute atomic E-state index is 0.0189. The van der Waals surface area contributed by atoms with Gasteiger partial charge >= 0.3 is 12.1 Å². The Morgan fingerprint density at radius 1 is 1.45 bits per heavy atom. The van der Waals surface area contributed by atoms with Crippen LogP contribution in [0.5, 0.6) is 0 Å². The third-order valence-corrected chi connectivity index (χ3v) is 3.91. The van der Waals surface area contributed by atoms with Gasteiger partial charge in [-0.2, -0.15) is 18.3 Å². The number of halogens is 3. The van der Waals surface area contributed by atoms with Crippen molar-refractivity contribution in [1.29, 1.82) is 0 Å². The van der Waals surface area contributed by atoms with E-state index in [1.807, 2.05) is 0 Å². The molecule has 1 N–H and O–H groups in total. The number of carbonyl (C=O) groups excluding carboxylic acids is 1. The number of amides is 1. The molecule has 122 valence electrons. The molecule has 0 aromatic carbocycles. The van der Waals surface area contributed by atoms with E-state index in [0.29, 0.717) is 0 Å². The Morgan fingerprint density at radius 3 is 2.55 bits per heavy atom. The van der Waals surface area contributed by atoms with Gasteiger partial charge in [0.2, 0.25) is 0 Å². The molecule has 0 saturated carbocycles. The third kappa shape index (κ3) is 2.67. The second-order valence-electron chi connectivity index (χ2n) is 5.56. The highest BCUT2D eigenvalue weighted by molar-refractivity contribution is 5.96. The fourth-order valence-electron chi connectivity index (χ4n) is 2.56. The second-order valence-corrected chi connectivity index (χ2v) is 5.56. The van der Waals surface area contributed by atoms with Gasteiger partial charge in [0, 0.05) is 19.6 Å². The molecule has 0 spiro atoms. The Hall–Kier alpha value is -2.06. The normalized spacial score (nSPS) is 22.1. The second kappa shape index (κ2) is 5.29. The Labute approximate surface area is 124 Å². The largest absolute Gasteiger partial charge is 0.481 e. The fraction of sp³-hybridized carbons (Fsp3) is 0.615. The number of nitrogens with zero attached hydrogens (tertiary/aromatic N) is 3. The van der Waals surface area contributed by atoms with E-state index in [-0.39, 0.29) is 26.1 Å². The van der Waals surface area contributed by atoms with Crippen LogP contribution in [0.3, 0.4) is 0 Å². The van der Waals surface area contributed by atoms with Gasteiger partial charge in [-0.3, -0.25) is 14.3 Å². The van der Waals surface area contributed by atoms with Gasteiger partial charge in [0.15, 0.2) is 5.69 Å². The van der Waals surface area contributed by atoms with Crippen LogP contribution in [0.25, 0.3) is 0 Å². The summed E-state index contributed by atoms with van der Waals surface area (Å²) >= 11 is 0. The zero-order chi connectivity index (χ0) is 16.7. The number of carbonyl (C=O) groups is 2. The maximum absolute atomic E-state index is 13.1. The lowest BCUT2D eigenvalue weighted by atomic mass is 9.90. The summed E-state index contributed by atoms with van der Waals surface area (Å²) in [5, 5.41) is 12.7. The van der Waals surface area contributed by atoms with Crippen molar-refractivity contribution in [3.05, 3.63) is 17.5 Å². The van der Waals surface area contributed by atoms with Gasteiger partial charge in [0.25, 0.3) is 5.91 Å². The topological polar surface area (TPSA) is 75.4 Å². The van der Waals surface area contributed by atoms with Crippen molar-refractivity contribution < 1.29 is 27.9 Å². The van der Waals surface area contributed by atoms with E-state index in [4.69, 9.17) is 5.11 Å². The summed E-state index contributed by atoms with van der Waals surface area (Å²) in [7, 11) is 0. The molecule has 1 amide bonds. The lowest BCUT2D eigenvalue weighted by Crippen LogP contribution is -2.35. The highest BCUT2D eigenvalue weighted by atomic mass is 19.4. The van der Waals surface area contributed by atoms with Gasteiger partial charge in [0.05, 0.1) is 17.2 Å².